The van der Waals surface area contributed by atoms with Crippen LogP contribution in [0.2, 0.25) is 0 Å². The summed E-state index contributed by atoms with van der Waals surface area (Å²) in [6, 6.07) is 14.3. The molecule has 0 bridgehead atoms. The summed E-state index contributed by atoms with van der Waals surface area (Å²) in [7, 11) is 1.66. The van der Waals surface area contributed by atoms with Crippen molar-refractivity contribution in [1.82, 2.24) is 15.2 Å². The molecule has 10 heteroatoms. The lowest BCUT2D eigenvalue weighted by molar-refractivity contribution is -0.0302. The third-order valence-corrected chi connectivity index (χ3v) is 6.40. The van der Waals surface area contributed by atoms with Gasteiger partial charge in [0, 0.05) is 17.6 Å². The second-order valence-electron chi connectivity index (χ2n) is 10.3. The van der Waals surface area contributed by atoms with Crippen LogP contribution in [0.5, 0.6) is 11.5 Å². The second kappa shape index (κ2) is 11.5. The van der Waals surface area contributed by atoms with Crippen LogP contribution >= 0.6 is 0 Å². The van der Waals surface area contributed by atoms with Gasteiger partial charge < -0.3 is 34.0 Å². The van der Waals surface area contributed by atoms with Crippen molar-refractivity contribution in [1.29, 1.82) is 0 Å². The normalized spacial score (nSPS) is 14.1. The Labute approximate surface area is 228 Å². The lowest BCUT2D eigenvalue weighted by Gasteiger charge is -2.23. The highest BCUT2D eigenvalue weighted by molar-refractivity contribution is 5.96. The highest BCUT2D eigenvalue weighted by Crippen LogP contribution is 2.38. The zero-order chi connectivity index (χ0) is 27.4. The van der Waals surface area contributed by atoms with Crippen LogP contribution in [0.3, 0.4) is 0 Å². The number of rotatable bonds is 10. The number of nitrogens with one attached hydrogen (secondary N) is 2. The Bertz CT molecular complexity index is 1410. The monoisotopic (exact) mass is 533 g/mol. The van der Waals surface area contributed by atoms with Gasteiger partial charge in [-0.25, -0.2) is 4.98 Å². The first-order valence-corrected chi connectivity index (χ1v) is 13.1. The predicted octanol–water partition coefficient (Wildman–Crippen LogP) is 5.39. The first-order valence-electron chi connectivity index (χ1n) is 13.1. The van der Waals surface area contributed by atoms with E-state index in [0.717, 1.165) is 39.2 Å². The van der Waals surface area contributed by atoms with Gasteiger partial charge in [0.2, 0.25) is 0 Å². The summed E-state index contributed by atoms with van der Waals surface area (Å²) in [5.74, 6) is 1.94. The Hall–Kier alpha value is -3.89. The van der Waals surface area contributed by atoms with E-state index in [1.54, 1.807) is 7.11 Å². The molecule has 0 radical (unpaired) electrons. The first-order chi connectivity index (χ1) is 18.8. The van der Waals surface area contributed by atoms with E-state index in [4.69, 9.17) is 28.3 Å². The fraction of sp³-hybridized carbons (Fsp3) is 0.414. The molecule has 4 aromatic rings. The number of fused-ring (bicyclic) bond motifs is 1. The van der Waals surface area contributed by atoms with E-state index in [1.807, 2.05) is 43.3 Å². The van der Waals surface area contributed by atoms with E-state index in [9.17, 15) is 0 Å². The van der Waals surface area contributed by atoms with E-state index in [2.05, 4.69) is 47.7 Å². The van der Waals surface area contributed by atoms with Gasteiger partial charge in [-0.15, -0.1) is 5.10 Å². The smallest absolute Gasteiger partial charge is 0.315 e. The minimum Gasteiger partial charge on any atom is -0.497 e. The van der Waals surface area contributed by atoms with E-state index in [0.29, 0.717) is 44.5 Å². The van der Waals surface area contributed by atoms with Gasteiger partial charge in [0.25, 0.3) is 5.89 Å². The number of benzene rings is 2. The summed E-state index contributed by atoms with van der Waals surface area (Å²) in [5, 5.41) is 16.0. The molecule has 1 aliphatic rings. The second-order valence-corrected chi connectivity index (χ2v) is 10.3. The first kappa shape index (κ1) is 26.7. The van der Waals surface area contributed by atoms with Crippen LogP contribution in [-0.2, 0) is 21.4 Å². The van der Waals surface area contributed by atoms with Gasteiger partial charge in [-0.1, -0.05) is 38.0 Å². The summed E-state index contributed by atoms with van der Waals surface area (Å²) in [5.41, 5.74) is 4.29. The van der Waals surface area contributed by atoms with E-state index in [1.165, 1.54) is 0 Å². The number of methoxy groups -OCH3 is 1. The number of hydrogen-bond acceptors (Lipinski definition) is 10. The highest BCUT2D eigenvalue weighted by atomic mass is 16.7. The third kappa shape index (κ3) is 6.23. The van der Waals surface area contributed by atoms with Gasteiger partial charge >= 0.3 is 6.01 Å². The van der Waals surface area contributed by atoms with Gasteiger partial charge in [-0.05, 0) is 53.8 Å². The van der Waals surface area contributed by atoms with Gasteiger partial charge in [-0.2, -0.15) is 0 Å². The molecule has 2 aromatic heterocycles. The molecule has 0 spiro atoms. The molecule has 2 N–H and O–H groups in total. The van der Waals surface area contributed by atoms with Gasteiger partial charge in [0.15, 0.2) is 6.29 Å². The molecule has 3 heterocycles. The molecular formula is C29H35N5O5. The molecule has 1 aliphatic heterocycles. The van der Waals surface area contributed by atoms with Gasteiger partial charge in [-0.3, -0.25) is 0 Å². The van der Waals surface area contributed by atoms with Crippen molar-refractivity contribution in [3.63, 3.8) is 0 Å². The minimum absolute atomic E-state index is 0.187. The number of anilines is 2. The minimum atomic E-state index is -0.332. The summed E-state index contributed by atoms with van der Waals surface area (Å²) < 4.78 is 28.1. The molecule has 0 saturated carbocycles. The molecule has 0 aliphatic carbocycles. The van der Waals surface area contributed by atoms with Crippen LogP contribution in [0, 0.1) is 0 Å². The van der Waals surface area contributed by atoms with Crippen molar-refractivity contribution < 1.29 is 23.4 Å². The van der Waals surface area contributed by atoms with Crippen LogP contribution in [0.15, 0.2) is 46.9 Å². The summed E-state index contributed by atoms with van der Waals surface area (Å²) in [4.78, 5) is 5.02. The molecule has 206 valence electrons. The Morgan fingerprint density at radius 3 is 2.44 bits per heavy atom. The lowest BCUT2D eigenvalue weighted by Crippen LogP contribution is -2.20. The molecule has 0 unspecified atom stereocenters. The summed E-state index contributed by atoms with van der Waals surface area (Å²) in [6.45, 7) is 11.2. The number of aromatic nitrogens is 3. The quantitative estimate of drug-likeness (QED) is 0.275. The van der Waals surface area contributed by atoms with E-state index >= 15 is 0 Å². The Morgan fingerprint density at radius 1 is 0.974 bits per heavy atom. The van der Waals surface area contributed by atoms with Crippen LogP contribution in [0.4, 0.5) is 11.7 Å². The predicted molar refractivity (Wildman–Crippen MR) is 149 cm³/mol. The lowest BCUT2D eigenvalue weighted by atomic mass is 9.85. The number of ether oxygens (including phenoxy) is 4. The van der Waals surface area contributed by atoms with Crippen molar-refractivity contribution >= 4 is 22.6 Å². The number of hydrogen-bond donors (Lipinski definition) is 2. The largest absolute Gasteiger partial charge is 0.497 e. The maximum absolute atomic E-state index is 5.94. The van der Waals surface area contributed by atoms with E-state index in [-0.39, 0.29) is 17.7 Å². The van der Waals surface area contributed by atoms with Crippen molar-refractivity contribution in [3.8, 4) is 23.1 Å². The molecule has 1 fully saturated rings. The fourth-order valence-electron chi connectivity index (χ4n) is 4.41. The third-order valence-electron chi connectivity index (χ3n) is 6.40. The van der Waals surface area contributed by atoms with E-state index < -0.39 is 0 Å². The van der Waals surface area contributed by atoms with Crippen molar-refractivity contribution in [2.75, 3.05) is 44.1 Å². The van der Waals surface area contributed by atoms with Crippen molar-refractivity contribution in [3.05, 3.63) is 53.6 Å². The molecule has 5 rings (SSSR count). The molecule has 39 heavy (non-hydrogen) atoms. The summed E-state index contributed by atoms with van der Waals surface area (Å²) in [6.07, 6.45) is -0.332. The number of nitrogens with zero attached hydrogens (tertiary/aromatic N) is 3. The SMILES string of the molecule is CCOc1cc(C(C)(C)C)c2nc(-c3nnc(NCC4OCCO4)o3)cc(NCc3ccc(OC)cc3)c2c1. The van der Waals surface area contributed by atoms with Crippen LogP contribution in [0.25, 0.3) is 22.5 Å². The summed E-state index contributed by atoms with van der Waals surface area (Å²) >= 11 is 0. The average molecular weight is 534 g/mol. The Kier molecular flexibility index (Phi) is 7.85. The maximum atomic E-state index is 5.94. The van der Waals surface area contributed by atoms with Gasteiger partial charge in [0.1, 0.15) is 17.2 Å². The standard InChI is InChI=1S/C29H35N5O5/c1-6-36-20-13-21-23(30-16-18-7-9-19(35-5)10-8-18)15-24(32-26(21)22(14-20)29(2,3)4)27-33-34-28(39-27)31-17-25-37-11-12-38-25/h7-10,13-15,25H,6,11-12,16-17H2,1-5H3,(H,30,32)(H,31,34). The highest BCUT2D eigenvalue weighted by Gasteiger charge is 2.23. The van der Waals surface area contributed by atoms with Crippen LogP contribution in [0.1, 0.15) is 38.8 Å². The zero-order valence-electron chi connectivity index (χ0n) is 23.0. The molecule has 0 atom stereocenters. The zero-order valence-corrected chi connectivity index (χ0v) is 23.0. The average Bonchev–Trinajstić information content (AvgIpc) is 3.62. The molecule has 1 saturated heterocycles. The van der Waals surface area contributed by atoms with Crippen molar-refractivity contribution in [2.24, 2.45) is 0 Å². The number of pyridine rings is 1. The molecular weight excluding hydrogens is 498 g/mol. The Morgan fingerprint density at radius 2 is 1.74 bits per heavy atom. The van der Waals surface area contributed by atoms with Crippen molar-refractivity contribution in [2.45, 2.75) is 45.9 Å². The molecule has 10 nitrogen and oxygen atoms in total. The van der Waals surface area contributed by atoms with Crippen LogP contribution in [-0.4, -0.2) is 54.9 Å². The topological polar surface area (TPSA) is 113 Å². The maximum Gasteiger partial charge on any atom is 0.315 e. The van der Waals surface area contributed by atoms with Gasteiger partial charge in [0.05, 0.1) is 39.0 Å². The molecule has 0 amide bonds. The fourth-order valence-corrected chi connectivity index (χ4v) is 4.41. The molecule has 2 aromatic carbocycles. The Balaban J connectivity index is 1.53. The van der Waals surface area contributed by atoms with Crippen LogP contribution < -0.4 is 20.1 Å².